The smallest absolute Gasteiger partial charge is 0.326 e. The number of amides is 1. The number of ether oxygens (including phenoxy) is 1. The van der Waals surface area contributed by atoms with Crippen molar-refractivity contribution in [2.75, 3.05) is 37.6 Å². The number of carbonyl (C=O) groups excluding carboxylic acids is 1. The van der Waals surface area contributed by atoms with Crippen LogP contribution in [-0.4, -0.2) is 70.5 Å². The molecule has 2 N–H and O–H groups in total. The van der Waals surface area contributed by atoms with E-state index in [1.165, 1.54) is 0 Å². The van der Waals surface area contributed by atoms with Gasteiger partial charge in [0.1, 0.15) is 12.1 Å². The van der Waals surface area contributed by atoms with Crippen LogP contribution in [0.15, 0.2) is 53.1 Å². The lowest BCUT2D eigenvalue weighted by Crippen LogP contribution is -2.41. The normalized spacial score (nSPS) is 12.8. The van der Waals surface area contributed by atoms with Crippen molar-refractivity contribution in [1.29, 1.82) is 0 Å². The fraction of sp³-hybridized carbons (Fsp3) is 0.433. The summed E-state index contributed by atoms with van der Waals surface area (Å²) in [5, 5.41) is 12.4. The Kier molecular flexibility index (Phi) is 12.6. The van der Waals surface area contributed by atoms with E-state index in [1.54, 1.807) is 35.8 Å². The second-order valence-electron chi connectivity index (χ2n) is 9.69. The molecule has 0 unspecified atom stereocenters. The topological polar surface area (TPSA) is 105 Å². The van der Waals surface area contributed by atoms with Gasteiger partial charge in [0.25, 0.3) is 5.91 Å². The summed E-state index contributed by atoms with van der Waals surface area (Å²) in [5.41, 5.74) is 3.98. The maximum atomic E-state index is 13.3. The molecule has 10 heteroatoms. The summed E-state index contributed by atoms with van der Waals surface area (Å²) in [7, 11) is 3.93. The summed E-state index contributed by atoms with van der Waals surface area (Å²) in [6, 6.07) is 12.5. The number of hydrogen-bond donors (Lipinski definition) is 2. The predicted octanol–water partition coefficient (Wildman–Crippen LogP) is 5.66. The second kappa shape index (κ2) is 15.9. The van der Waals surface area contributed by atoms with E-state index < -0.39 is 17.9 Å². The summed E-state index contributed by atoms with van der Waals surface area (Å²) in [6.45, 7) is 5.02. The number of thioether (sulfide) groups is 2. The summed E-state index contributed by atoms with van der Waals surface area (Å²) >= 11 is 3.31. The minimum absolute atomic E-state index is 0.272. The molecule has 0 fully saturated rings. The van der Waals surface area contributed by atoms with Gasteiger partial charge in [-0.1, -0.05) is 37.3 Å². The maximum absolute atomic E-state index is 13.3. The van der Waals surface area contributed by atoms with E-state index in [0.717, 1.165) is 33.8 Å². The molecule has 0 saturated carbocycles. The average molecular weight is 586 g/mol. The van der Waals surface area contributed by atoms with Crippen LogP contribution in [-0.2, 0) is 22.7 Å². The largest absolute Gasteiger partial charge is 0.480 e. The maximum Gasteiger partial charge on any atom is 0.326 e. The first-order valence-corrected chi connectivity index (χ1v) is 15.8. The number of carboxylic acid groups (broad SMARTS) is 1. The highest BCUT2D eigenvalue weighted by Crippen LogP contribution is 2.30. The van der Waals surface area contributed by atoms with E-state index in [4.69, 9.17) is 9.15 Å². The molecule has 0 bridgehead atoms. The van der Waals surface area contributed by atoms with Gasteiger partial charge >= 0.3 is 5.97 Å². The molecule has 1 amide bonds. The van der Waals surface area contributed by atoms with Crippen molar-refractivity contribution < 1.29 is 23.8 Å². The monoisotopic (exact) mass is 585 g/mol. The highest BCUT2D eigenvalue weighted by molar-refractivity contribution is 7.99. The number of carboxylic acids is 1. The van der Waals surface area contributed by atoms with Gasteiger partial charge in [-0.15, -0.1) is 0 Å². The third kappa shape index (κ3) is 9.12. The van der Waals surface area contributed by atoms with Gasteiger partial charge in [0.2, 0.25) is 5.89 Å². The molecule has 0 radical (unpaired) electrons. The number of carbonyl (C=O) groups is 2. The Hall–Kier alpha value is -2.79. The Labute approximate surface area is 245 Å². The number of rotatable bonds is 16. The quantitative estimate of drug-likeness (QED) is 0.220. The van der Waals surface area contributed by atoms with E-state index >= 15 is 0 Å². The van der Waals surface area contributed by atoms with Gasteiger partial charge in [-0.25, -0.2) is 9.78 Å². The highest BCUT2D eigenvalue weighted by Gasteiger charge is 2.23. The van der Waals surface area contributed by atoms with Gasteiger partial charge in [0.15, 0.2) is 5.76 Å². The highest BCUT2D eigenvalue weighted by atomic mass is 32.2. The molecular weight excluding hydrogens is 546 g/mol. The van der Waals surface area contributed by atoms with Gasteiger partial charge in [-0.05, 0) is 79.6 Å². The first-order chi connectivity index (χ1) is 19.2. The number of hydrogen-bond acceptors (Lipinski definition) is 8. The lowest BCUT2D eigenvalue weighted by molar-refractivity contribution is -0.139. The SMILES string of the molecule is CCSC[C@H](OCc1ccc(C(=O)N[C@@H](CCSC)C(=O)O)c(-c2ccccc2C)c1)c1cnc(CN(C)C)o1. The molecule has 8 nitrogen and oxygen atoms in total. The van der Waals surface area contributed by atoms with Crippen molar-refractivity contribution in [1.82, 2.24) is 15.2 Å². The van der Waals surface area contributed by atoms with Gasteiger partial charge in [0, 0.05) is 11.3 Å². The van der Waals surface area contributed by atoms with Crippen molar-refractivity contribution in [2.24, 2.45) is 0 Å². The van der Waals surface area contributed by atoms with Crippen LogP contribution in [0.25, 0.3) is 11.1 Å². The number of aryl methyl sites for hydroxylation is 1. The van der Waals surface area contributed by atoms with E-state index in [2.05, 4.69) is 17.2 Å². The number of aliphatic carboxylic acids is 1. The second-order valence-corrected chi connectivity index (χ2v) is 12.0. The van der Waals surface area contributed by atoms with Crippen molar-refractivity contribution in [3.05, 3.63) is 77.0 Å². The fourth-order valence-electron chi connectivity index (χ4n) is 4.16. The fourth-order valence-corrected chi connectivity index (χ4v) is 5.34. The molecule has 3 rings (SSSR count). The Bertz CT molecular complexity index is 1260. The molecule has 0 aliphatic carbocycles. The van der Waals surface area contributed by atoms with E-state index in [-0.39, 0.29) is 6.10 Å². The number of oxazole rings is 1. The Morgan fingerprint density at radius 1 is 1.18 bits per heavy atom. The average Bonchev–Trinajstić information content (AvgIpc) is 3.38. The van der Waals surface area contributed by atoms with Crippen LogP contribution < -0.4 is 5.32 Å². The lowest BCUT2D eigenvalue weighted by atomic mass is 9.93. The third-order valence-corrected chi connectivity index (χ3v) is 7.83. The van der Waals surface area contributed by atoms with Crippen molar-refractivity contribution in [3.8, 4) is 11.1 Å². The standard InChI is InChI=1S/C30H39N3O5S2/c1-6-40-19-27(26-16-31-28(38-26)17-33(3)4)37-18-21-11-12-23(24(15-21)22-10-8-7-9-20(22)2)29(34)32-25(30(35)36)13-14-39-5/h7-12,15-16,25,27H,6,13-14,17-19H2,1-5H3,(H,32,34)(H,35,36)/t25-,27-/m0/s1. The summed E-state index contributed by atoms with van der Waals surface area (Å²) < 4.78 is 12.3. The number of nitrogens with zero attached hydrogens (tertiary/aromatic N) is 2. The molecule has 1 aromatic heterocycles. The van der Waals surface area contributed by atoms with E-state index in [1.807, 2.05) is 68.6 Å². The zero-order valence-electron chi connectivity index (χ0n) is 23.8. The molecule has 1 heterocycles. The van der Waals surface area contributed by atoms with Crippen LogP contribution >= 0.6 is 23.5 Å². The zero-order valence-corrected chi connectivity index (χ0v) is 25.4. The lowest BCUT2D eigenvalue weighted by Gasteiger charge is -2.19. The molecule has 2 atom stereocenters. The summed E-state index contributed by atoms with van der Waals surface area (Å²) in [5.74, 6) is 2.20. The van der Waals surface area contributed by atoms with Crippen LogP contribution in [0.5, 0.6) is 0 Å². The molecule has 0 aliphatic heterocycles. The minimum atomic E-state index is -1.04. The first kappa shape index (κ1) is 31.7. The molecule has 0 saturated heterocycles. The van der Waals surface area contributed by atoms with Crippen LogP contribution in [0.1, 0.15) is 52.6 Å². The Morgan fingerprint density at radius 2 is 1.95 bits per heavy atom. The van der Waals surface area contributed by atoms with E-state index in [0.29, 0.717) is 42.5 Å². The Balaban J connectivity index is 1.88. The summed E-state index contributed by atoms with van der Waals surface area (Å²) in [4.78, 5) is 31.5. The zero-order chi connectivity index (χ0) is 29.1. The summed E-state index contributed by atoms with van der Waals surface area (Å²) in [6.07, 6.45) is 3.73. The molecule has 0 aliphatic rings. The van der Waals surface area contributed by atoms with Gasteiger partial charge in [-0.2, -0.15) is 23.5 Å². The predicted molar refractivity (Wildman–Crippen MR) is 163 cm³/mol. The molecule has 40 heavy (non-hydrogen) atoms. The molecule has 3 aromatic rings. The molecule has 2 aromatic carbocycles. The van der Waals surface area contributed by atoms with Crippen molar-refractivity contribution in [3.63, 3.8) is 0 Å². The van der Waals surface area contributed by atoms with Gasteiger partial charge in [-0.3, -0.25) is 4.79 Å². The van der Waals surface area contributed by atoms with Gasteiger partial charge < -0.3 is 24.5 Å². The first-order valence-electron chi connectivity index (χ1n) is 13.2. The molecule has 0 spiro atoms. The van der Waals surface area contributed by atoms with Gasteiger partial charge in [0.05, 0.1) is 19.3 Å². The van der Waals surface area contributed by atoms with Crippen LogP contribution in [0, 0.1) is 6.92 Å². The van der Waals surface area contributed by atoms with E-state index in [9.17, 15) is 14.7 Å². The third-order valence-electron chi connectivity index (χ3n) is 6.24. The number of benzene rings is 2. The van der Waals surface area contributed by atoms with Crippen LogP contribution in [0.2, 0.25) is 0 Å². The number of aromatic nitrogens is 1. The van der Waals surface area contributed by atoms with Crippen LogP contribution in [0.3, 0.4) is 0 Å². The molecular formula is C30H39N3O5S2. The van der Waals surface area contributed by atoms with Crippen molar-refractivity contribution >= 4 is 35.4 Å². The van der Waals surface area contributed by atoms with Crippen LogP contribution in [0.4, 0.5) is 0 Å². The molecule has 216 valence electrons. The number of nitrogens with one attached hydrogen (secondary N) is 1. The Morgan fingerprint density at radius 3 is 2.62 bits per heavy atom. The van der Waals surface area contributed by atoms with Crippen molar-refractivity contribution in [2.45, 2.75) is 45.6 Å². The minimum Gasteiger partial charge on any atom is -0.480 e.